The van der Waals surface area contributed by atoms with Gasteiger partial charge in [-0.05, 0) is 24.0 Å². The number of ether oxygens (including phenoxy) is 2. The molecular formula is C18H21NO3. The number of piperidine rings is 1. The maximum Gasteiger partial charge on any atom is 0.410 e. The number of amides is 1. The average Bonchev–Trinajstić information content (AvgIpc) is 2.96. The zero-order valence-electron chi connectivity index (χ0n) is 12.7. The van der Waals surface area contributed by atoms with Crippen molar-refractivity contribution in [1.82, 2.24) is 4.90 Å². The number of hydrogen-bond donors (Lipinski definition) is 0. The van der Waals surface area contributed by atoms with Crippen LogP contribution in [0.4, 0.5) is 4.79 Å². The van der Waals surface area contributed by atoms with Crippen LogP contribution in [0.3, 0.4) is 0 Å². The van der Waals surface area contributed by atoms with E-state index in [1.807, 2.05) is 36.4 Å². The Morgan fingerprint density at radius 3 is 2.73 bits per heavy atom. The summed E-state index contributed by atoms with van der Waals surface area (Å²) < 4.78 is 10.9. The van der Waals surface area contributed by atoms with Gasteiger partial charge in [-0.25, -0.2) is 4.79 Å². The van der Waals surface area contributed by atoms with Crippen LogP contribution >= 0.6 is 0 Å². The highest BCUT2D eigenvalue weighted by Gasteiger charge is 2.41. The summed E-state index contributed by atoms with van der Waals surface area (Å²) in [6.45, 7) is 6.27. The van der Waals surface area contributed by atoms with Crippen molar-refractivity contribution in [1.29, 1.82) is 0 Å². The summed E-state index contributed by atoms with van der Waals surface area (Å²) in [5.74, 6) is 0. The van der Waals surface area contributed by atoms with Gasteiger partial charge in [-0.1, -0.05) is 43.0 Å². The summed E-state index contributed by atoms with van der Waals surface area (Å²) >= 11 is 0. The number of benzene rings is 1. The van der Waals surface area contributed by atoms with Gasteiger partial charge >= 0.3 is 6.09 Å². The number of likely N-dealkylation sites (tertiary alicyclic amines) is 1. The van der Waals surface area contributed by atoms with Crippen molar-refractivity contribution in [2.24, 2.45) is 5.41 Å². The van der Waals surface area contributed by atoms with Gasteiger partial charge in [-0.2, -0.15) is 0 Å². The van der Waals surface area contributed by atoms with Crippen LogP contribution < -0.4 is 0 Å². The summed E-state index contributed by atoms with van der Waals surface area (Å²) in [4.78, 5) is 13.9. The zero-order chi connectivity index (χ0) is 15.4. The molecule has 2 aliphatic heterocycles. The van der Waals surface area contributed by atoms with Crippen LogP contribution in [0.5, 0.6) is 0 Å². The molecule has 0 saturated carbocycles. The Kier molecular flexibility index (Phi) is 4.18. The fraction of sp³-hybridized carbons (Fsp3) is 0.389. The summed E-state index contributed by atoms with van der Waals surface area (Å²) in [7, 11) is 0. The molecule has 3 rings (SSSR count). The predicted molar refractivity (Wildman–Crippen MR) is 84.1 cm³/mol. The van der Waals surface area contributed by atoms with Crippen LogP contribution in [-0.4, -0.2) is 30.7 Å². The Bertz CT molecular complexity index is 571. The second-order valence-electron chi connectivity index (χ2n) is 5.90. The van der Waals surface area contributed by atoms with E-state index in [1.54, 1.807) is 11.2 Å². The maximum absolute atomic E-state index is 12.2. The normalized spacial score (nSPS) is 19.5. The molecule has 2 aliphatic rings. The Hall–Kier alpha value is -2.23. The van der Waals surface area contributed by atoms with Crippen molar-refractivity contribution >= 4 is 6.09 Å². The summed E-state index contributed by atoms with van der Waals surface area (Å²) in [6, 6.07) is 9.74. The van der Waals surface area contributed by atoms with E-state index < -0.39 is 0 Å². The molecule has 0 aliphatic carbocycles. The second kappa shape index (κ2) is 6.26. The van der Waals surface area contributed by atoms with Crippen molar-refractivity contribution in [3.63, 3.8) is 0 Å². The van der Waals surface area contributed by atoms with E-state index in [0.29, 0.717) is 26.3 Å². The molecule has 0 unspecified atom stereocenters. The van der Waals surface area contributed by atoms with E-state index >= 15 is 0 Å². The van der Waals surface area contributed by atoms with Gasteiger partial charge < -0.3 is 14.4 Å². The van der Waals surface area contributed by atoms with E-state index in [0.717, 1.165) is 24.0 Å². The number of hydrogen-bond acceptors (Lipinski definition) is 3. The molecule has 4 heteroatoms. The summed E-state index contributed by atoms with van der Waals surface area (Å²) in [5.41, 5.74) is 2.20. The molecule has 1 spiro atoms. The third-order valence-electron chi connectivity index (χ3n) is 4.59. The molecule has 0 radical (unpaired) electrons. The molecule has 1 aromatic carbocycles. The predicted octanol–water partition coefficient (Wildman–Crippen LogP) is 3.51. The van der Waals surface area contributed by atoms with Crippen molar-refractivity contribution < 1.29 is 14.3 Å². The van der Waals surface area contributed by atoms with Gasteiger partial charge in [0.2, 0.25) is 0 Å². The number of rotatable bonds is 3. The fourth-order valence-corrected chi connectivity index (χ4v) is 3.12. The first kappa shape index (κ1) is 14.7. The van der Waals surface area contributed by atoms with Crippen LogP contribution in [0.1, 0.15) is 18.4 Å². The van der Waals surface area contributed by atoms with Gasteiger partial charge in [0, 0.05) is 18.5 Å². The molecule has 0 bridgehead atoms. The molecule has 0 N–H and O–H groups in total. The topological polar surface area (TPSA) is 38.8 Å². The Labute approximate surface area is 131 Å². The first-order chi connectivity index (χ1) is 10.7. The summed E-state index contributed by atoms with van der Waals surface area (Å²) in [5, 5.41) is 0. The molecule has 22 heavy (non-hydrogen) atoms. The van der Waals surface area contributed by atoms with Gasteiger partial charge in [0.15, 0.2) is 0 Å². The maximum atomic E-state index is 12.2. The number of carbonyl (C=O) groups excluding carboxylic acids is 1. The number of carbonyl (C=O) groups is 1. The van der Waals surface area contributed by atoms with Crippen molar-refractivity contribution in [3.8, 4) is 0 Å². The largest absolute Gasteiger partial charge is 0.500 e. The van der Waals surface area contributed by atoms with Crippen molar-refractivity contribution in [2.75, 3.05) is 19.7 Å². The van der Waals surface area contributed by atoms with E-state index in [4.69, 9.17) is 9.47 Å². The third-order valence-corrected chi connectivity index (χ3v) is 4.59. The standard InChI is InChI=1S/C18H21NO3/c1-2-16-13-21-14-18(16)8-10-19(11-9-18)17(20)22-12-15-6-4-3-5-7-15/h2-7,13H,1,8-12,14H2. The third kappa shape index (κ3) is 2.86. The lowest BCUT2D eigenvalue weighted by Crippen LogP contribution is -2.44. The highest BCUT2D eigenvalue weighted by molar-refractivity contribution is 5.67. The van der Waals surface area contributed by atoms with E-state index in [2.05, 4.69) is 6.58 Å². The Morgan fingerprint density at radius 1 is 1.32 bits per heavy atom. The first-order valence-electron chi connectivity index (χ1n) is 7.64. The minimum absolute atomic E-state index is 0.0396. The number of allylic oxidation sites excluding steroid dienone is 1. The molecule has 1 amide bonds. The average molecular weight is 299 g/mol. The lowest BCUT2D eigenvalue weighted by atomic mass is 9.74. The van der Waals surface area contributed by atoms with E-state index in [1.165, 1.54) is 0 Å². The molecule has 1 saturated heterocycles. The van der Waals surface area contributed by atoms with Crippen molar-refractivity contribution in [3.05, 3.63) is 60.4 Å². The lowest BCUT2D eigenvalue weighted by Gasteiger charge is -2.38. The van der Waals surface area contributed by atoms with E-state index in [-0.39, 0.29) is 11.5 Å². The van der Waals surface area contributed by atoms with Gasteiger partial charge in [0.1, 0.15) is 6.61 Å². The molecule has 2 heterocycles. The van der Waals surface area contributed by atoms with Crippen LogP contribution in [0.2, 0.25) is 0 Å². The molecular weight excluding hydrogens is 278 g/mol. The summed E-state index contributed by atoms with van der Waals surface area (Å²) in [6.07, 6.45) is 5.23. The van der Waals surface area contributed by atoms with Crippen LogP contribution in [0, 0.1) is 5.41 Å². The van der Waals surface area contributed by atoms with Gasteiger partial charge in [-0.3, -0.25) is 0 Å². The smallest absolute Gasteiger partial charge is 0.410 e. The second-order valence-corrected chi connectivity index (χ2v) is 5.90. The molecule has 0 aromatic heterocycles. The quantitative estimate of drug-likeness (QED) is 0.857. The highest BCUT2D eigenvalue weighted by Crippen LogP contribution is 2.43. The monoisotopic (exact) mass is 299 g/mol. The SMILES string of the molecule is C=CC1=COCC12CCN(C(=O)OCc1ccccc1)CC2. The number of nitrogens with zero attached hydrogens (tertiary/aromatic N) is 1. The van der Waals surface area contributed by atoms with E-state index in [9.17, 15) is 4.79 Å². The lowest BCUT2D eigenvalue weighted by molar-refractivity contribution is 0.0596. The first-order valence-corrected chi connectivity index (χ1v) is 7.64. The Morgan fingerprint density at radius 2 is 2.05 bits per heavy atom. The molecule has 4 nitrogen and oxygen atoms in total. The van der Waals surface area contributed by atoms with Gasteiger partial charge in [-0.15, -0.1) is 0 Å². The van der Waals surface area contributed by atoms with Crippen LogP contribution in [0.15, 0.2) is 54.8 Å². The fourth-order valence-electron chi connectivity index (χ4n) is 3.12. The minimum Gasteiger partial charge on any atom is -0.500 e. The van der Waals surface area contributed by atoms with Crippen LogP contribution in [0.25, 0.3) is 0 Å². The molecule has 1 fully saturated rings. The Balaban J connectivity index is 1.52. The highest BCUT2D eigenvalue weighted by atomic mass is 16.6. The van der Waals surface area contributed by atoms with Gasteiger partial charge in [0.25, 0.3) is 0 Å². The molecule has 116 valence electrons. The van der Waals surface area contributed by atoms with Crippen molar-refractivity contribution in [2.45, 2.75) is 19.4 Å². The molecule has 0 atom stereocenters. The van der Waals surface area contributed by atoms with Gasteiger partial charge in [0.05, 0.1) is 12.9 Å². The minimum atomic E-state index is -0.234. The zero-order valence-corrected chi connectivity index (χ0v) is 12.7. The molecule has 1 aromatic rings. The van der Waals surface area contributed by atoms with Crippen LogP contribution in [-0.2, 0) is 16.1 Å².